The molecule has 0 radical (unpaired) electrons. The van der Waals surface area contributed by atoms with Crippen molar-refractivity contribution < 1.29 is 4.79 Å². The van der Waals surface area contributed by atoms with Crippen molar-refractivity contribution in [2.45, 2.75) is 39.5 Å². The first-order valence-corrected chi connectivity index (χ1v) is 9.94. The Morgan fingerprint density at radius 3 is 2.69 bits per heavy atom. The Hall–Kier alpha value is -2.46. The molecule has 0 unspecified atom stereocenters. The van der Waals surface area contributed by atoms with Gasteiger partial charge in [0, 0.05) is 16.5 Å². The van der Waals surface area contributed by atoms with Crippen molar-refractivity contribution in [1.29, 1.82) is 0 Å². The van der Waals surface area contributed by atoms with Crippen LogP contribution in [-0.4, -0.2) is 10.9 Å². The van der Waals surface area contributed by atoms with E-state index >= 15 is 0 Å². The number of benzene rings is 2. The Balaban J connectivity index is 1.55. The summed E-state index contributed by atoms with van der Waals surface area (Å²) in [7, 11) is 0. The number of aryl methyl sites for hydroxylation is 4. The summed E-state index contributed by atoms with van der Waals surface area (Å²) in [6.07, 6.45) is 4.90. The van der Waals surface area contributed by atoms with E-state index in [1.54, 1.807) is 0 Å². The lowest BCUT2D eigenvalue weighted by Gasteiger charge is -2.16. The molecule has 1 amide bonds. The number of nitrogens with zero attached hydrogens (tertiary/aromatic N) is 1. The Bertz CT molecular complexity index is 974. The molecular weight excluding hydrogens is 340 g/mol. The summed E-state index contributed by atoms with van der Waals surface area (Å²) in [4.78, 5) is 17.2. The highest BCUT2D eigenvalue weighted by Crippen LogP contribution is 2.30. The summed E-state index contributed by atoms with van der Waals surface area (Å²) in [5.74, 6) is -0.0995. The lowest BCUT2D eigenvalue weighted by atomic mass is 9.90. The van der Waals surface area contributed by atoms with Crippen LogP contribution >= 0.6 is 11.3 Å². The van der Waals surface area contributed by atoms with Crippen LogP contribution < -0.4 is 5.32 Å². The van der Waals surface area contributed by atoms with Gasteiger partial charge in [-0.1, -0.05) is 29.8 Å². The molecule has 1 N–H and O–H groups in total. The van der Waals surface area contributed by atoms with Gasteiger partial charge in [-0.25, -0.2) is 4.98 Å². The molecule has 4 rings (SSSR count). The van der Waals surface area contributed by atoms with E-state index in [1.165, 1.54) is 41.7 Å². The maximum atomic E-state index is 12.6. The van der Waals surface area contributed by atoms with Crippen LogP contribution in [0.3, 0.4) is 0 Å². The van der Waals surface area contributed by atoms with Crippen LogP contribution in [0.5, 0.6) is 0 Å². The fraction of sp³-hybridized carbons (Fsp3) is 0.273. The van der Waals surface area contributed by atoms with Gasteiger partial charge in [0.25, 0.3) is 5.91 Å². The maximum Gasteiger partial charge on any atom is 0.257 e. The van der Waals surface area contributed by atoms with Gasteiger partial charge in [0.05, 0.1) is 5.69 Å². The molecule has 3 aromatic rings. The summed E-state index contributed by atoms with van der Waals surface area (Å²) < 4.78 is 0. The topological polar surface area (TPSA) is 42.0 Å². The molecule has 0 saturated heterocycles. The van der Waals surface area contributed by atoms with E-state index in [1.807, 2.05) is 37.4 Å². The summed E-state index contributed by atoms with van der Waals surface area (Å²) in [5, 5.41) is 5.61. The van der Waals surface area contributed by atoms with Gasteiger partial charge in [0.15, 0.2) is 5.13 Å². The minimum Gasteiger partial charge on any atom is -0.298 e. The summed E-state index contributed by atoms with van der Waals surface area (Å²) in [6, 6.07) is 12.6. The first kappa shape index (κ1) is 17.0. The first-order chi connectivity index (χ1) is 12.6. The Morgan fingerprint density at radius 2 is 1.85 bits per heavy atom. The second kappa shape index (κ2) is 7.04. The zero-order valence-corrected chi connectivity index (χ0v) is 16.0. The number of carbonyl (C=O) groups is 1. The number of hydrogen-bond donors (Lipinski definition) is 1. The van der Waals surface area contributed by atoms with Gasteiger partial charge in [-0.2, -0.15) is 0 Å². The molecule has 1 aliphatic carbocycles. The minimum atomic E-state index is -0.0995. The fourth-order valence-corrected chi connectivity index (χ4v) is 4.22. The molecule has 1 heterocycles. The normalized spacial score (nSPS) is 13.3. The van der Waals surface area contributed by atoms with Crippen molar-refractivity contribution in [1.82, 2.24) is 4.98 Å². The van der Waals surface area contributed by atoms with Crippen LogP contribution in [0.25, 0.3) is 11.3 Å². The molecule has 0 atom stereocenters. The average molecular weight is 362 g/mol. The van der Waals surface area contributed by atoms with Gasteiger partial charge in [0.1, 0.15) is 0 Å². The number of carbonyl (C=O) groups excluding carboxylic acids is 1. The molecule has 0 fully saturated rings. The van der Waals surface area contributed by atoms with Gasteiger partial charge in [0.2, 0.25) is 0 Å². The Kier molecular flexibility index (Phi) is 4.60. The molecule has 0 saturated carbocycles. The highest BCUT2D eigenvalue weighted by atomic mass is 32.1. The maximum absolute atomic E-state index is 12.6. The van der Waals surface area contributed by atoms with E-state index in [9.17, 15) is 4.79 Å². The molecule has 0 spiro atoms. The lowest BCUT2D eigenvalue weighted by Crippen LogP contribution is -2.13. The molecule has 2 aromatic carbocycles. The van der Waals surface area contributed by atoms with Crippen molar-refractivity contribution in [2.75, 3.05) is 5.32 Å². The van der Waals surface area contributed by atoms with Gasteiger partial charge in [-0.15, -0.1) is 11.3 Å². The van der Waals surface area contributed by atoms with Gasteiger partial charge >= 0.3 is 0 Å². The van der Waals surface area contributed by atoms with E-state index in [-0.39, 0.29) is 5.91 Å². The van der Waals surface area contributed by atoms with Crippen molar-refractivity contribution >= 4 is 22.4 Å². The van der Waals surface area contributed by atoms with Crippen molar-refractivity contribution in [2.24, 2.45) is 0 Å². The standard InChI is InChI=1S/C22H22N2OS/c1-14-7-8-15(2)19(11-14)21(25)24-22-23-20(13-26-22)18-10-9-16-5-3-4-6-17(16)12-18/h7-13H,3-6H2,1-2H3,(H,23,24,25). The van der Waals surface area contributed by atoms with Crippen LogP contribution in [0.15, 0.2) is 41.8 Å². The average Bonchev–Trinajstić information content (AvgIpc) is 3.11. The molecule has 26 heavy (non-hydrogen) atoms. The predicted octanol–water partition coefficient (Wildman–Crippen LogP) is 5.56. The zero-order valence-electron chi connectivity index (χ0n) is 15.1. The number of anilines is 1. The van der Waals surface area contributed by atoms with E-state index in [0.29, 0.717) is 10.7 Å². The van der Waals surface area contributed by atoms with Crippen LogP contribution in [-0.2, 0) is 12.8 Å². The van der Waals surface area contributed by atoms with E-state index < -0.39 is 0 Å². The number of thiazole rings is 1. The molecule has 132 valence electrons. The predicted molar refractivity (Wildman–Crippen MR) is 108 cm³/mol. The van der Waals surface area contributed by atoms with Gasteiger partial charge in [-0.05, 0) is 68.4 Å². The SMILES string of the molecule is Cc1ccc(C)c(C(=O)Nc2nc(-c3ccc4c(c3)CCCC4)cs2)c1. The smallest absolute Gasteiger partial charge is 0.257 e. The largest absolute Gasteiger partial charge is 0.298 e. The van der Waals surface area contributed by atoms with Crippen LogP contribution in [0.1, 0.15) is 45.5 Å². The highest BCUT2D eigenvalue weighted by molar-refractivity contribution is 7.14. The molecule has 0 aliphatic heterocycles. The third kappa shape index (κ3) is 3.42. The van der Waals surface area contributed by atoms with Crippen molar-refractivity contribution in [3.63, 3.8) is 0 Å². The van der Waals surface area contributed by atoms with Crippen LogP contribution in [0, 0.1) is 13.8 Å². The summed E-state index contributed by atoms with van der Waals surface area (Å²) in [6.45, 7) is 3.95. The highest BCUT2D eigenvalue weighted by Gasteiger charge is 2.14. The molecule has 4 heteroatoms. The first-order valence-electron chi connectivity index (χ1n) is 9.06. The number of hydrogen-bond acceptors (Lipinski definition) is 3. The zero-order chi connectivity index (χ0) is 18.1. The van der Waals surface area contributed by atoms with Crippen LogP contribution in [0.4, 0.5) is 5.13 Å². The van der Waals surface area contributed by atoms with Gasteiger partial charge in [-0.3, -0.25) is 10.1 Å². The lowest BCUT2D eigenvalue weighted by molar-refractivity contribution is 0.102. The number of rotatable bonds is 3. The molecule has 1 aliphatic rings. The second-order valence-electron chi connectivity index (χ2n) is 7.00. The van der Waals surface area contributed by atoms with Crippen molar-refractivity contribution in [3.8, 4) is 11.3 Å². The third-order valence-electron chi connectivity index (χ3n) is 5.01. The third-order valence-corrected chi connectivity index (χ3v) is 5.76. The molecule has 3 nitrogen and oxygen atoms in total. The van der Waals surface area contributed by atoms with Crippen LogP contribution in [0.2, 0.25) is 0 Å². The quantitative estimate of drug-likeness (QED) is 0.663. The molecule has 0 bridgehead atoms. The number of fused-ring (bicyclic) bond motifs is 1. The monoisotopic (exact) mass is 362 g/mol. The summed E-state index contributed by atoms with van der Waals surface area (Å²) in [5.41, 5.74) is 7.74. The number of aromatic nitrogens is 1. The minimum absolute atomic E-state index is 0.0995. The molecular formula is C22H22N2OS. The second-order valence-corrected chi connectivity index (χ2v) is 7.86. The van der Waals surface area contributed by atoms with Crippen molar-refractivity contribution in [3.05, 3.63) is 69.6 Å². The van der Waals surface area contributed by atoms with Gasteiger partial charge < -0.3 is 0 Å². The molecule has 1 aromatic heterocycles. The van der Waals surface area contributed by atoms with E-state index in [0.717, 1.165) is 28.8 Å². The fourth-order valence-electron chi connectivity index (χ4n) is 3.50. The number of nitrogens with one attached hydrogen (secondary N) is 1. The Morgan fingerprint density at radius 1 is 1.04 bits per heavy atom. The Labute approximate surface area is 158 Å². The number of amides is 1. The summed E-state index contributed by atoms with van der Waals surface area (Å²) >= 11 is 1.47. The van der Waals surface area contributed by atoms with E-state index in [2.05, 4.69) is 28.5 Å². The van der Waals surface area contributed by atoms with E-state index in [4.69, 9.17) is 0 Å².